The van der Waals surface area contributed by atoms with E-state index in [0.717, 1.165) is 7.11 Å². The average Bonchev–Trinajstić information content (AvgIpc) is 2.80. The van der Waals surface area contributed by atoms with E-state index in [1.807, 2.05) is 0 Å². The van der Waals surface area contributed by atoms with Crippen molar-refractivity contribution in [3.63, 3.8) is 0 Å². The number of hydrogen-bond acceptors (Lipinski definition) is 9. The molecule has 0 radical (unpaired) electrons. The van der Waals surface area contributed by atoms with Gasteiger partial charge in [-0.3, -0.25) is 0 Å². The van der Waals surface area contributed by atoms with Gasteiger partial charge in [0.2, 0.25) is 0 Å². The second kappa shape index (κ2) is 12.5. The van der Waals surface area contributed by atoms with Gasteiger partial charge in [0.15, 0.2) is 0 Å². The number of nitrogen functional groups attached to an aromatic ring is 1. The van der Waals surface area contributed by atoms with Gasteiger partial charge in [-0.15, -0.1) is 0 Å². The van der Waals surface area contributed by atoms with Gasteiger partial charge in [0.25, 0.3) is 0 Å². The summed E-state index contributed by atoms with van der Waals surface area (Å²) in [5.41, 5.74) is 4.70. The lowest BCUT2D eigenvalue weighted by Crippen LogP contribution is -2.44. The normalized spacial score (nSPS) is 11.4. The number of imide groups is 1. The van der Waals surface area contributed by atoms with Crippen molar-refractivity contribution in [1.82, 2.24) is 0 Å². The first kappa shape index (κ1) is 32.2. The number of anilines is 2. The lowest BCUT2D eigenvalue weighted by molar-refractivity contribution is 0.0429. The van der Waals surface area contributed by atoms with E-state index < -0.39 is 35.3 Å². The van der Waals surface area contributed by atoms with Gasteiger partial charge in [0, 0.05) is 10.7 Å². The fourth-order valence-corrected chi connectivity index (χ4v) is 3.88. The minimum Gasteiger partial charge on any atom is -0.496 e. The third-order valence-electron chi connectivity index (χ3n) is 5.31. The predicted molar refractivity (Wildman–Crippen MR) is 150 cm³/mol. The Hall–Kier alpha value is -3.99. The van der Waals surface area contributed by atoms with Crippen molar-refractivity contribution >= 4 is 47.1 Å². The molecule has 0 fully saturated rings. The number of ether oxygens (including phenoxy) is 4. The molecule has 0 bridgehead atoms. The molecule has 218 valence electrons. The molecule has 0 saturated heterocycles. The number of carbonyl (C=O) groups is 4. The summed E-state index contributed by atoms with van der Waals surface area (Å²) in [4.78, 5) is 51.2. The number of nitrogens with zero attached hydrogens (tertiary/aromatic N) is 1. The Morgan fingerprint density at radius 2 is 1.38 bits per heavy atom. The van der Waals surface area contributed by atoms with Crippen LogP contribution in [-0.4, -0.2) is 54.7 Å². The van der Waals surface area contributed by atoms with Crippen molar-refractivity contribution in [2.45, 2.75) is 65.6 Å². The first-order valence-electron chi connectivity index (χ1n) is 12.2. The summed E-state index contributed by atoms with van der Waals surface area (Å²) in [7, 11) is 2.56. The molecule has 11 nitrogen and oxygen atoms in total. The first-order valence-corrected chi connectivity index (χ1v) is 12.6. The van der Waals surface area contributed by atoms with Crippen molar-refractivity contribution in [1.29, 1.82) is 0 Å². The standard InChI is InChI=1S/C28H35ClN2O9/c1-27(2,3)39-25(35)31(26(36)40-28(4,5)6)21-14-19(29)15(11-18(21)24(34)38-8)9-10-16-12-20(30)17(23(32)33)13-22(16)37-7/h11-14H,9-10,30H2,1-8H3,(H,32,33). The Balaban J connectivity index is 2.60. The number of aromatic carboxylic acids is 1. The van der Waals surface area contributed by atoms with Crippen LogP contribution < -0.4 is 15.4 Å². The fraction of sp³-hybridized carbons (Fsp3) is 0.429. The van der Waals surface area contributed by atoms with Crippen LogP contribution in [0.5, 0.6) is 5.75 Å². The number of benzene rings is 2. The van der Waals surface area contributed by atoms with Gasteiger partial charge in [0.1, 0.15) is 17.0 Å². The highest BCUT2D eigenvalue weighted by Gasteiger charge is 2.36. The number of carbonyl (C=O) groups excluding carboxylic acids is 3. The van der Waals surface area contributed by atoms with Crippen molar-refractivity contribution in [2.24, 2.45) is 0 Å². The molecule has 0 aliphatic rings. The molecule has 0 aromatic heterocycles. The second-order valence-electron chi connectivity index (χ2n) is 10.8. The summed E-state index contributed by atoms with van der Waals surface area (Å²) < 4.78 is 21.1. The average molecular weight is 579 g/mol. The summed E-state index contributed by atoms with van der Waals surface area (Å²) in [6, 6.07) is 5.53. The number of carboxylic acids is 1. The number of hydrogen-bond donors (Lipinski definition) is 2. The van der Waals surface area contributed by atoms with Crippen LogP contribution in [0.1, 0.15) is 73.4 Å². The minimum absolute atomic E-state index is 0.0605. The van der Waals surface area contributed by atoms with Gasteiger partial charge < -0.3 is 29.8 Å². The van der Waals surface area contributed by atoms with Crippen molar-refractivity contribution in [3.05, 3.63) is 51.5 Å². The highest BCUT2D eigenvalue weighted by Crippen LogP contribution is 2.33. The van der Waals surface area contributed by atoms with Crippen LogP contribution in [0.15, 0.2) is 24.3 Å². The van der Waals surface area contributed by atoms with Gasteiger partial charge in [-0.05, 0) is 89.8 Å². The molecule has 0 saturated carbocycles. The highest BCUT2D eigenvalue weighted by atomic mass is 35.5. The molecular formula is C28H35ClN2O9. The first-order chi connectivity index (χ1) is 18.4. The Bertz CT molecular complexity index is 1280. The summed E-state index contributed by atoms with van der Waals surface area (Å²) in [6.07, 6.45) is -1.59. The van der Waals surface area contributed by atoms with Crippen molar-refractivity contribution in [2.75, 3.05) is 24.9 Å². The summed E-state index contributed by atoms with van der Waals surface area (Å²) in [5, 5.41) is 9.47. The molecule has 0 atom stereocenters. The maximum Gasteiger partial charge on any atom is 0.424 e. The van der Waals surface area contributed by atoms with E-state index in [1.54, 1.807) is 41.5 Å². The van der Waals surface area contributed by atoms with Crippen LogP contribution in [0.3, 0.4) is 0 Å². The molecule has 2 aromatic carbocycles. The Morgan fingerprint density at radius 1 is 0.850 bits per heavy atom. The molecule has 0 aliphatic carbocycles. The summed E-state index contributed by atoms with van der Waals surface area (Å²) in [5.74, 6) is -1.71. The number of esters is 1. The fourth-order valence-electron chi connectivity index (χ4n) is 3.63. The molecule has 12 heteroatoms. The Morgan fingerprint density at radius 3 is 1.82 bits per heavy atom. The zero-order valence-corrected chi connectivity index (χ0v) is 24.6. The van der Waals surface area contributed by atoms with E-state index >= 15 is 0 Å². The molecule has 2 rings (SSSR count). The number of halogens is 1. The maximum absolute atomic E-state index is 13.2. The van der Waals surface area contributed by atoms with Crippen LogP contribution in [-0.2, 0) is 27.1 Å². The number of aryl methyl sites for hydroxylation is 2. The quantitative estimate of drug-likeness (QED) is 0.231. The molecule has 2 aromatic rings. The van der Waals surface area contributed by atoms with Crippen molar-refractivity contribution < 1.29 is 43.2 Å². The van der Waals surface area contributed by atoms with E-state index in [1.165, 1.54) is 31.4 Å². The highest BCUT2D eigenvalue weighted by molar-refractivity contribution is 6.32. The van der Waals surface area contributed by atoms with Gasteiger partial charge in [0.05, 0.1) is 31.0 Å². The van der Waals surface area contributed by atoms with E-state index in [0.29, 0.717) is 28.2 Å². The zero-order chi connectivity index (χ0) is 30.6. The second-order valence-corrected chi connectivity index (χ2v) is 11.2. The SMILES string of the molecule is COC(=O)c1cc(CCc2cc(N)c(C(=O)O)cc2OC)c(Cl)cc1N(C(=O)OC(C)(C)C)C(=O)OC(C)(C)C. The van der Waals surface area contributed by atoms with Crippen LogP contribution in [0.4, 0.5) is 21.0 Å². The molecule has 2 amide bonds. The minimum atomic E-state index is -1.19. The topological polar surface area (TPSA) is 155 Å². The number of amides is 2. The summed E-state index contributed by atoms with van der Waals surface area (Å²) >= 11 is 6.59. The number of nitrogens with two attached hydrogens (primary N) is 1. The van der Waals surface area contributed by atoms with E-state index in [9.17, 15) is 24.3 Å². The summed E-state index contributed by atoms with van der Waals surface area (Å²) in [6.45, 7) is 9.75. The Labute approximate surface area is 238 Å². The van der Waals surface area contributed by atoms with Gasteiger partial charge in [-0.1, -0.05) is 11.6 Å². The number of methoxy groups -OCH3 is 2. The van der Waals surface area contributed by atoms with Gasteiger partial charge in [-0.2, -0.15) is 4.90 Å². The van der Waals surface area contributed by atoms with Gasteiger partial charge in [-0.25, -0.2) is 19.2 Å². The largest absolute Gasteiger partial charge is 0.496 e. The van der Waals surface area contributed by atoms with E-state index in [4.69, 9.17) is 36.3 Å². The molecule has 0 unspecified atom stereocenters. The zero-order valence-electron chi connectivity index (χ0n) is 23.8. The molecule has 0 spiro atoms. The van der Waals surface area contributed by atoms with Crippen LogP contribution in [0.2, 0.25) is 5.02 Å². The Kier molecular flexibility index (Phi) is 10.0. The molecule has 3 N–H and O–H groups in total. The number of carboxylic acid groups (broad SMARTS) is 1. The number of rotatable bonds is 7. The van der Waals surface area contributed by atoms with Crippen LogP contribution in [0.25, 0.3) is 0 Å². The molecule has 0 heterocycles. The smallest absolute Gasteiger partial charge is 0.424 e. The van der Waals surface area contributed by atoms with Crippen LogP contribution >= 0.6 is 11.6 Å². The van der Waals surface area contributed by atoms with Crippen molar-refractivity contribution in [3.8, 4) is 5.75 Å². The lowest BCUT2D eigenvalue weighted by atomic mass is 9.98. The predicted octanol–water partition coefficient (Wildman–Crippen LogP) is 5.88. The maximum atomic E-state index is 13.2. The third kappa shape index (κ3) is 8.25. The van der Waals surface area contributed by atoms with Gasteiger partial charge >= 0.3 is 24.1 Å². The van der Waals surface area contributed by atoms with E-state index in [-0.39, 0.29) is 33.9 Å². The molecule has 0 aliphatic heterocycles. The third-order valence-corrected chi connectivity index (χ3v) is 5.66. The van der Waals surface area contributed by atoms with Crippen LogP contribution in [0, 0.1) is 0 Å². The lowest BCUT2D eigenvalue weighted by Gasteiger charge is -2.29. The monoisotopic (exact) mass is 578 g/mol. The van der Waals surface area contributed by atoms with E-state index in [2.05, 4.69) is 0 Å². The molecule has 40 heavy (non-hydrogen) atoms. The molecular weight excluding hydrogens is 544 g/mol.